The summed E-state index contributed by atoms with van der Waals surface area (Å²) in [4.78, 5) is 39.8. The molecule has 20 heteroatoms. The molecule has 1 aromatic rings. The molecule has 3 aliphatic heterocycles. The summed E-state index contributed by atoms with van der Waals surface area (Å²) in [7, 11) is 5.23. The molecule has 18 atom stereocenters. The molecule has 1 aromatic carbocycles. The fourth-order valence-electron chi connectivity index (χ4n) is 10.2. The maximum Gasteiger partial charge on any atom is 0.311 e. The minimum Gasteiger partial charge on any atom is -0.483 e. The van der Waals surface area contributed by atoms with E-state index in [1.807, 2.05) is 37.7 Å². The van der Waals surface area contributed by atoms with Crippen LogP contribution in [-0.2, 0) is 38.0 Å². The quantitative estimate of drug-likeness (QED) is 0.0885. The summed E-state index contributed by atoms with van der Waals surface area (Å²) in [5.74, 6) is -3.30. The number of hydrogen-bond donors (Lipinski definition) is 7. The van der Waals surface area contributed by atoms with Crippen LogP contribution in [0.25, 0.3) is 0 Å². The van der Waals surface area contributed by atoms with Gasteiger partial charge < -0.3 is 69.3 Å². The van der Waals surface area contributed by atoms with E-state index in [1.54, 1.807) is 60.6 Å². The van der Waals surface area contributed by atoms with Crippen molar-refractivity contribution < 1.29 is 73.4 Å². The standard InChI is InChI=1S/C47H79Cl2N3O13.CH2O2/c1-14-35-47(10,59)39(54)29(6)52(19-15-18-50-42(56)32-17-16-31(48)21-33(32)49)24-25(2)22-45(8,58)41(65-44-37(53)34(51(11)12)20-26(3)61-44)27(4)38(28(5)43(57)63-35)64-36-23-46(9,60-13)40(55)30(7)62-36;2-1-3/h16-17,21,25-30,34-41,44,53-55,58-59H,14-15,18-20,22-24H2,1-13H3,(H,50,56);1H,(H,2,3)/t25-,26-,27+,28-,29-,30+,34+,35-,36+,37-,38+,39-,40+,41-,44+,45-,46-,47-;/m1./s1. The van der Waals surface area contributed by atoms with Gasteiger partial charge in [-0.25, -0.2) is 0 Å². The number of aliphatic hydroxyl groups excluding tert-OH is 3. The highest BCUT2D eigenvalue weighted by molar-refractivity contribution is 6.36. The average molecular weight is 1010 g/mol. The molecule has 3 heterocycles. The topological polar surface area (TPSA) is 246 Å². The number of benzene rings is 1. The number of carbonyl (C=O) groups excluding carboxylic acids is 2. The fraction of sp³-hybridized carbons (Fsp3) is 0.812. The number of halogens is 2. The van der Waals surface area contributed by atoms with Gasteiger partial charge in [-0.15, -0.1) is 0 Å². The van der Waals surface area contributed by atoms with Gasteiger partial charge in [0.2, 0.25) is 0 Å². The number of nitrogens with one attached hydrogen (secondary N) is 1. The van der Waals surface area contributed by atoms with Gasteiger partial charge in [-0.3, -0.25) is 19.3 Å². The van der Waals surface area contributed by atoms with Gasteiger partial charge in [-0.1, -0.05) is 44.0 Å². The number of amides is 1. The number of methoxy groups -OCH3 is 1. The van der Waals surface area contributed by atoms with Crippen LogP contribution >= 0.6 is 23.2 Å². The first kappa shape index (κ1) is 60.0. The van der Waals surface area contributed by atoms with Gasteiger partial charge in [0.25, 0.3) is 12.4 Å². The monoisotopic (exact) mass is 1010 g/mol. The van der Waals surface area contributed by atoms with Crippen molar-refractivity contribution >= 4 is 41.6 Å². The zero-order valence-electron chi connectivity index (χ0n) is 42.1. The number of cyclic esters (lactones) is 1. The molecule has 0 unspecified atom stereocenters. The summed E-state index contributed by atoms with van der Waals surface area (Å²) < 4.78 is 38.0. The molecule has 68 heavy (non-hydrogen) atoms. The summed E-state index contributed by atoms with van der Waals surface area (Å²) in [5.41, 5.74) is -4.39. The Morgan fingerprint density at radius 1 is 1.00 bits per heavy atom. The van der Waals surface area contributed by atoms with E-state index >= 15 is 0 Å². The Morgan fingerprint density at radius 3 is 2.21 bits per heavy atom. The number of esters is 1. The minimum absolute atomic E-state index is 0.0934. The Labute approximate surface area is 412 Å². The van der Waals surface area contributed by atoms with E-state index in [1.165, 1.54) is 20.1 Å². The third-order valence-corrected chi connectivity index (χ3v) is 14.7. The summed E-state index contributed by atoms with van der Waals surface area (Å²) in [6.07, 6.45) is -8.73. The molecule has 4 rings (SSSR count). The lowest BCUT2D eigenvalue weighted by atomic mass is 9.77. The molecule has 0 bridgehead atoms. The van der Waals surface area contributed by atoms with Crippen molar-refractivity contribution in [2.45, 2.75) is 192 Å². The number of rotatable bonds is 12. The van der Waals surface area contributed by atoms with Crippen LogP contribution in [0, 0.1) is 17.8 Å². The zero-order chi connectivity index (χ0) is 51.6. The first-order valence-corrected chi connectivity index (χ1v) is 24.4. The smallest absolute Gasteiger partial charge is 0.311 e. The lowest BCUT2D eigenvalue weighted by Crippen LogP contribution is -2.60. The molecule has 18 nitrogen and oxygen atoms in total. The van der Waals surface area contributed by atoms with Crippen molar-refractivity contribution in [3.05, 3.63) is 33.8 Å². The number of aliphatic hydroxyl groups is 5. The predicted molar refractivity (Wildman–Crippen MR) is 255 cm³/mol. The molecular formula is C48H81Cl2N3O15. The summed E-state index contributed by atoms with van der Waals surface area (Å²) in [5, 5.41) is 70.2. The molecule has 0 saturated carbocycles. The average Bonchev–Trinajstić information content (AvgIpc) is 3.25. The number of nitrogens with zero attached hydrogens (tertiary/aromatic N) is 2. The summed E-state index contributed by atoms with van der Waals surface area (Å²) in [6.45, 7) is 18.1. The summed E-state index contributed by atoms with van der Waals surface area (Å²) >= 11 is 12.3. The van der Waals surface area contributed by atoms with E-state index in [0.29, 0.717) is 31.0 Å². The molecule has 3 aliphatic rings. The van der Waals surface area contributed by atoms with E-state index in [2.05, 4.69) is 5.32 Å². The van der Waals surface area contributed by atoms with E-state index in [-0.39, 0.29) is 66.8 Å². The van der Waals surface area contributed by atoms with E-state index < -0.39 is 96.0 Å². The van der Waals surface area contributed by atoms with Gasteiger partial charge in [0.1, 0.15) is 30.0 Å². The van der Waals surface area contributed by atoms with Gasteiger partial charge in [0, 0.05) is 56.2 Å². The molecule has 0 radical (unpaired) electrons. The number of carboxylic acid groups (broad SMARTS) is 1. The van der Waals surface area contributed by atoms with Crippen molar-refractivity contribution in [2.75, 3.05) is 40.8 Å². The van der Waals surface area contributed by atoms with Crippen LogP contribution in [-0.4, -0.2) is 190 Å². The third-order valence-electron chi connectivity index (χ3n) is 14.1. The molecule has 3 saturated heterocycles. The SMILES string of the molecule is CC[C@H]1OC(=O)[C@H](C)[C@@H](O[C@H]2C[C@@](C)(OC)[C@@H](O)[C@H](C)O2)[C@H](C)[C@@H](O[C@@H]2O[C@H](C)C[C@H](N(C)C)[C@H]2O)[C@](C)(O)C[C@@H](C)CN(CCCNC(=O)c2ccc(Cl)cc2Cl)[C@H](C)[C@@H](O)[C@]1(C)O.O=CO. The second-order valence-electron chi connectivity index (χ2n) is 20.1. The maximum absolute atomic E-state index is 14.5. The Balaban J connectivity index is 0.00000397. The van der Waals surface area contributed by atoms with E-state index in [9.17, 15) is 35.1 Å². The van der Waals surface area contributed by atoms with Crippen molar-refractivity contribution in [1.82, 2.24) is 15.1 Å². The highest BCUT2D eigenvalue weighted by Gasteiger charge is 2.53. The van der Waals surface area contributed by atoms with Crippen molar-refractivity contribution in [3.63, 3.8) is 0 Å². The lowest BCUT2D eigenvalue weighted by molar-refractivity contribution is -0.318. The van der Waals surface area contributed by atoms with Crippen LogP contribution in [0.1, 0.15) is 112 Å². The first-order chi connectivity index (χ1) is 31.6. The highest BCUT2D eigenvalue weighted by atomic mass is 35.5. The van der Waals surface area contributed by atoms with Crippen molar-refractivity contribution in [1.29, 1.82) is 0 Å². The largest absolute Gasteiger partial charge is 0.483 e. The van der Waals surface area contributed by atoms with Crippen LogP contribution in [0.2, 0.25) is 10.0 Å². The van der Waals surface area contributed by atoms with E-state index in [0.717, 1.165) is 0 Å². The molecule has 0 spiro atoms. The highest BCUT2D eigenvalue weighted by Crippen LogP contribution is 2.40. The van der Waals surface area contributed by atoms with Gasteiger partial charge in [0.05, 0.1) is 52.1 Å². The summed E-state index contributed by atoms with van der Waals surface area (Å²) in [6, 6.07) is 3.60. The number of carbonyl (C=O) groups is 3. The molecule has 392 valence electrons. The normalized spacial score (nSPS) is 40.2. The predicted octanol–water partition coefficient (Wildman–Crippen LogP) is 4.10. The molecule has 7 N–H and O–H groups in total. The van der Waals surface area contributed by atoms with Crippen LogP contribution in [0.3, 0.4) is 0 Å². The second-order valence-corrected chi connectivity index (χ2v) is 20.9. The van der Waals surface area contributed by atoms with Crippen molar-refractivity contribution in [2.24, 2.45) is 17.8 Å². The van der Waals surface area contributed by atoms with Crippen LogP contribution in [0.4, 0.5) is 0 Å². The Morgan fingerprint density at radius 2 is 1.63 bits per heavy atom. The van der Waals surface area contributed by atoms with Crippen molar-refractivity contribution in [3.8, 4) is 0 Å². The molecule has 0 aliphatic carbocycles. The first-order valence-electron chi connectivity index (χ1n) is 23.7. The lowest BCUT2D eigenvalue weighted by Gasteiger charge is -2.48. The zero-order valence-corrected chi connectivity index (χ0v) is 43.6. The number of ether oxygens (including phenoxy) is 6. The second kappa shape index (κ2) is 25.9. The molecule has 1 amide bonds. The fourth-order valence-corrected chi connectivity index (χ4v) is 10.6. The Bertz CT molecular complexity index is 1760. The molecule has 3 fully saturated rings. The Hall–Kier alpha value is -2.27. The van der Waals surface area contributed by atoms with Crippen LogP contribution in [0.15, 0.2) is 18.2 Å². The molecule has 0 aromatic heterocycles. The van der Waals surface area contributed by atoms with E-state index in [4.69, 9.17) is 61.5 Å². The van der Waals surface area contributed by atoms with Gasteiger partial charge in [-0.05, 0) is 112 Å². The van der Waals surface area contributed by atoms with Gasteiger partial charge in [-0.2, -0.15) is 0 Å². The van der Waals surface area contributed by atoms with Crippen LogP contribution in [0.5, 0.6) is 0 Å². The Kier molecular flexibility index (Phi) is 22.9. The van der Waals surface area contributed by atoms with Gasteiger partial charge in [0.15, 0.2) is 12.6 Å². The van der Waals surface area contributed by atoms with Gasteiger partial charge >= 0.3 is 5.97 Å². The maximum atomic E-state index is 14.5. The molecular weight excluding hydrogens is 929 g/mol. The number of likely N-dealkylation sites (N-methyl/N-ethyl adjacent to an activating group) is 1. The minimum atomic E-state index is -1.93. The third kappa shape index (κ3) is 15.1. The number of hydrogen-bond acceptors (Lipinski definition) is 16. The van der Waals surface area contributed by atoms with Crippen LogP contribution < -0.4 is 5.32 Å².